The molecule has 3 nitrogen and oxygen atoms in total. The van der Waals surface area contributed by atoms with Gasteiger partial charge in [-0.05, 0) is 36.1 Å². The average molecular weight is 314 g/mol. The molecule has 0 saturated heterocycles. The van der Waals surface area contributed by atoms with E-state index < -0.39 is 0 Å². The highest BCUT2D eigenvalue weighted by molar-refractivity contribution is 6.36. The second-order valence-corrected chi connectivity index (χ2v) is 5.31. The summed E-state index contributed by atoms with van der Waals surface area (Å²) in [6, 6.07) is 5.91. The van der Waals surface area contributed by atoms with Gasteiger partial charge in [-0.3, -0.25) is 0 Å². The summed E-state index contributed by atoms with van der Waals surface area (Å²) in [7, 11) is 3.26. The van der Waals surface area contributed by atoms with Crippen LogP contribution in [0.3, 0.4) is 0 Å². The highest BCUT2D eigenvalue weighted by atomic mass is 35.5. The van der Waals surface area contributed by atoms with E-state index in [1.807, 2.05) is 18.2 Å². The molecule has 1 N–H and O–H groups in total. The second kappa shape index (κ2) is 6.91. The number of rotatable bonds is 5. The zero-order valence-electron chi connectivity index (χ0n) is 11.5. The molecular formula is C15H17Cl2NO2. The van der Waals surface area contributed by atoms with Crippen LogP contribution in [0.1, 0.15) is 12.0 Å². The molecular weight excluding hydrogens is 297 g/mol. The number of methoxy groups -OCH3 is 2. The highest BCUT2D eigenvalue weighted by Gasteiger charge is 2.13. The SMILES string of the molecule is COc1ccc(CCC2=C(Cl)CNC=C2Cl)cc1OC. The lowest BCUT2D eigenvalue weighted by Crippen LogP contribution is -2.15. The number of allylic oxidation sites excluding steroid dienone is 2. The van der Waals surface area contributed by atoms with Gasteiger partial charge in [0.15, 0.2) is 11.5 Å². The van der Waals surface area contributed by atoms with Crippen LogP contribution in [0.2, 0.25) is 0 Å². The van der Waals surface area contributed by atoms with Gasteiger partial charge in [0.25, 0.3) is 0 Å². The maximum Gasteiger partial charge on any atom is 0.160 e. The Morgan fingerprint density at radius 1 is 1.10 bits per heavy atom. The Kier molecular flexibility index (Phi) is 5.21. The van der Waals surface area contributed by atoms with Gasteiger partial charge >= 0.3 is 0 Å². The van der Waals surface area contributed by atoms with Crippen LogP contribution in [0.15, 0.2) is 40.0 Å². The molecule has 0 amide bonds. The summed E-state index contributed by atoms with van der Waals surface area (Å²) >= 11 is 12.4. The predicted molar refractivity (Wildman–Crippen MR) is 82.7 cm³/mol. The van der Waals surface area contributed by atoms with Gasteiger partial charge in [-0.1, -0.05) is 29.3 Å². The van der Waals surface area contributed by atoms with Gasteiger partial charge in [-0.15, -0.1) is 0 Å². The first-order chi connectivity index (χ1) is 9.65. The van der Waals surface area contributed by atoms with E-state index in [1.54, 1.807) is 20.4 Å². The molecule has 0 aromatic heterocycles. The van der Waals surface area contributed by atoms with Crippen LogP contribution >= 0.6 is 23.2 Å². The van der Waals surface area contributed by atoms with E-state index >= 15 is 0 Å². The minimum Gasteiger partial charge on any atom is -0.493 e. The molecule has 1 aromatic carbocycles. The predicted octanol–water partition coefficient (Wildman–Crippen LogP) is 3.81. The normalized spacial score (nSPS) is 14.7. The quantitative estimate of drug-likeness (QED) is 0.896. The number of halogens is 2. The molecule has 1 aliphatic heterocycles. The number of nitrogens with one attached hydrogen (secondary N) is 1. The highest BCUT2D eigenvalue weighted by Crippen LogP contribution is 2.31. The van der Waals surface area contributed by atoms with Crippen molar-refractivity contribution in [1.82, 2.24) is 5.32 Å². The van der Waals surface area contributed by atoms with Crippen molar-refractivity contribution >= 4 is 23.2 Å². The first kappa shape index (κ1) is 15.1. The van der Waals surface area contributed by atoms with Crippen molar-refractivity contribution < 1.29 is 9.47 Å². The van der Waals surface area contributed by atoms with Crippen LogP contribution in [0, 0.1) is 0 Å². The lowest BCUT2D eigenvalue weighted by atomic mass is 10.0. The Balaban J connectivity index is 2.10. The molecule has 20 heavy (non-hydrogen) atoms. The van der Waals surface area contributed by atoms with Gasteiger partial charge in [0, 0.05) is 11.2 Å². The fourth-order valence-corrected chi connectivity index (χ4v) is 2.72. The summed E-state index contributed by atoms with van der Waals surface area (Å²) in [6.45, 7) is 0.638. The molecule has 5 heteroatoms. The van der Waals surface area contributed by atoms with E-state index in [9.17, 15) is 0 Å². The van der Waals surface area contributed by atoms with Crippen LogP contribution in [-0.4, -0.2) is 20.8 Å². The Morgan fingerprint density at radius 3 is 2.50 bits per heavy atom. The molecule has 1 aliphatic rings. The molecule has 0 aliphatic carbocycles. The Morgan fingerprint density at radius 2 is 1.85 bits per heavy atom. The number of aryl methyl sites for hydroxylation is 1. The van der Waals surface area contributed by atoms with Crippen molar-refractivity contribution in [2.75, 3.05) is 20.8 Å². The van der Waals surface area contributed by atoms with Gasteiger partial charge in [0.1, 0.15) is 0 Å². The third-order valence-electron chi connectivity index (χ3n) is 3.21. The molecule has 0 unspecified atom stereocenters. The van der Waals surface area contributed by atoms with Crippen LogP contribution in [-0.2, 0) is 6.42 Å². The number of benzene rings is 1. The minimum absolute atomic E-state index is 0.638. The molecule has 0 bridgehead atoms. The lowest BCUT2D eigenvalue weighted by Gasteiger charge is -2.16. The van der Waals surface area contributed by atoms with Crippen molar-refractivity contribution in [2.24, 2.45) is 0 Å². The molecule has 108 valence electrons. The summed E-state index contributed by atoms with van der Waals surface area (Å²) in [5, 5.41) is 4.48. The summed E-state index contributed by atoms with van der Waals surface area (Å²) < 4.78 is 10.5. The molecule has 0 atom stereocenters. The third-order valence-corrected chi connectivity index (χ3v) is 3.91. The molecule has 1 heterocycles. The maximum absolute atomic E-state index is 6.20. The molecule has 0 saturated carbocycles. The Hall–Kier alpha value is -1.32. The summed E-state index contributed by atoms with van der Waals surface area (Å²) in [5.74, 6) is 1.46. The maximum atomic E-state index is 6.20. The standard InChI is InChI=1S/C15H17Cl2NO2/c1-19-14-6-4-10(7-15(14)20-2)3-5-11-12(16)8-18-9-13(11)17/h4,6-8,18H,3,5,9H2,1-2H3. The van der Waals surface area contributed by atoms with E-state index in [-0.39, 0.29) is 0 Å². The number of hydrogen-bond acceptors (Lipinski definition) is 3. The molecule has 2 rings (SSSR count). The van der Waals surface area contributed by atoms with Crippen molar-refractivity contribution in [3.63, 3.8) is 0 Å². The fraction of sp³-hybridized carbons (Fsp3) is 0.333. The van der Waals surface area contributed by atoms with Crippen molar-refractivity contribution in [3.8, 4) is 11.5 Å². The zero-order chi connectivity index (χ0) is 14.5. The average Bonchev–Trinajstić information content (AvgIpc) is 2.46. The minimum atomic E-state index is 0.638. The zero-order valence-corrected chi connectivity index (χ0v) is 13.0. The molecule has 0 radical (unpaired) electrons. The third kappa shape index (κ3) is 3.41. The van der Waals surface area contributed by atoms with Crippen molar-refractivity contribution in [1.29, 1.82) is 0 Å². The summed E-state index contributed by atoms with van der Waals surface area (Å²) in [6.07, 6.45) is 3.43. The number of dihydropyridines is 1. The van der Waals surface area contributed by atoms with Crippen LogP contribution in [0.4, 0.5) is 0 Å². The van der Waals surface area contributed by atoms with E-state index in [0.29, 0.717) is 11.6 Å². The second-order valence-electron chi connectivity index (χ2n) is 4.45. The smallest absolute Gasteiger partial charge is 0.160 e. The van der Waals surface area contributed by atoms with E-state index in [1.165, 1.54) is 0 Å². The largest absolute Gasteiger partial charge is 0.493 e. The van der Waals surface area contributed by atoms with E-state index in [0.717, 1.165) is 40.5 Å². The summed E-state index contributed by atoms with van der Waals surface area (Å²) in [4.78, 5) is 0. The molecule has 0 spiro atoms. The lowest BCUT2D eigenvalue weighted by molar-refractivity contribution is 0.354. The van der Waals surface area contributed by atoms with Crippen molar-refractivity contribution in [2.45, 2.75) is 12.8 Å². The van der Waals surface area contributed by atoms with Crippen LogP contribution in [0.5, 0.6) is 11.5 Å². The van der Waals surface area contributed by atoms with Gasteiger partial charge in [-0.2, -0.15) is 0 Å². The van der Waals surface area contributed by atoms with E-state index in [2.05, 4.69) is 5.32 Å². The van der Waals surface area contributed by atoms with Gasteiger partial charge in [-0.25, -0.2) is 0 Å². The Bertz CT molecular complexity index is 553. The Labute approximate surface area is 129 Å². The first-order valence-corrected chi connectivity index (χ1v) is 7.09. The first-order valence-electron chi connectivity index (χ1n) is 6.33. The van der Waals surface area contributed by atoms with Gasteiger partial charge in [0.05, 0.1) is 25.8 Å². The topological polar surface area (TPSA) is 30.5 Å². The monoisotopic (exact) mass is 313 g/mol. The molecule has 0 fully saturated rings. The van der Waals surface area contributed by atoms with Crippen LogP contribution < -0.4 is 14.8 Å². The number of ether oxygens (including phenoxy) is 2. The molecule has 1 aromatic rings. The fourth-order valence-electron chi connectivity index (χ4n) is 2.11. The van der Waals surface area contributed by atoms with Gasteiger partial charge < -0.3 is 14.8 Å². The van der Waals surface area contributed by atoms with Crippen molar-refractivity contribution in [3.05, 3.63) is 45.6 Å². The van der Waals surface area contributed by atoms with Gasteiger partial charge in [0.2, 0.25) is 0 Å². The van der Waals surface area contributed by atoms with E-state index in [4.69, 9.17) is 32.7 Å². The van der Waals surface area contributed by atoms with Crippen LogP contribution in [0.25, 0.3) is 0 Å². The number of hydrogen-bond donors (Lipinski definition) is 1. The summed E-state index contributed by atoms with van der Waals surface area (Å²) in [5.41, 5.74) is 2.16.